The molecule has 112 valence electrons. The van der Waals surface area contributed by atoms with Crippen LogP contribution in [0.5, 0.6) is 0 Å². The fraction of sp³-hybridized carbons (Fsp3) is 0.353. The lowest BCUT2D eigenvalue weighted by Crippen LogP contribution is -2.29. The van der Waals surface area contributed by atoms with E-state index in [0.29, 0.717) is 6.04 Å². The summed E-state index contributed by atoms with van der Waals surface area (Å²) in [7, 11) is 0. The highest BCUT2D eigenvalue weighted by Crippen LogP contribution is 2.25. The molecule has 1 atom stereocenters. The number of rotatable bonds is 2. The highest BCUT2D eigenvalue weighted by Gasteiger charge is 2.22. The molecule has 0 aliphatic carbocycles. The molecule has 0 saturated carbocycles. The second kappa shape index (κ2) is 5.50. The molecule has 4 rings (SSSR count). The maximum absolute atomic E-state index is 5.47. The lowest BCUT2D eigenvalue weighted by molar-refractivity contribution is 0.218. The number of hydrogen-bond acceptors (Lipinski definition) is 5. The fourth-order valence-electron chi connectivity index (χ4n) is 3.15. The Balaban J connectivity index is 1.57. The highest BCUT2D eigenvalue weighted by molar-refractivity contribution is 5.74. The summed E-state index contributed by atoms with van der Waals surface area (Å²) in [6, 6.07) is 6.70. The van der Waals surface area contributed by atoms with Crippen LogP contribution in [0.3, 0.4) is 0 Å². The van der Waals surface area contributed by atoms with Crippen molar-refractivity contribution in [3.63, 3.8) is 0 Å². The van der Waals surface area contributed by atoms with E-state index >= 15 is 0 Å². The third kappa shape index (κ3) is 2.37. The van der Waals surface area contributed by atoms with Crippen LogP contribution in [0.4, 0.5) is 0 Å². The van der Waals surface area contributed by atoms with Crippen LogP contribution in [0.25, 0.3) is 11.0 Å². The van der Waals surface area contributed by atoms with E-state index in [1.54, 1.807) is 18.8 Å². The van der Waals surface area contributed by atoms with Crippen molar-refractivity contribution in [1.82, 2.24) is 19.9 Å². The van der Waals surface area contributed by atoms with E-state index in [0.717, 1.165) is 48.4 Å². The van der Waals surface area contributed by atoms with E-state index in [-0.39, 0.29) is 0 Å². The first-order valence-corrected chi connectivity index (χ1v) is 7.67. The molecule has 0 N–H and O–H groups in total. The van der Waals surface area contributed by atoms with Gasteiger partial charge in [0.1, 0.15) is 5.76 Å². The standard InChI is InChI=1S/C17H18N4O/c1-12(13-2-3-14-16(10-13)19-7-6-18-14)21-8-4-15-17(5-9-21)22-11-20-15/h2-3,6-7,10-12H,4-5,8-9H2,1H3. The smallest absolute Gasteiger partial charge is 0.181 e. The van der Waals surface area contributed by atoms with Crippen LogP contribution < -0.4 is 0 Å². The van der Waals surface area contributed by atoms with Gasteiger partial charge in [-0.25, -0.2) is 4.98 Å². The number of oxazole rings is 1. The second-order valence-electron chi connectivity index (χ2n) is 5.74. The van der Waals surface area contributed by atoms with Gasteiger partial charge >= 0.3 is 0 Å². The Bertz CT molecular complexity index is 775. The van der Waals surface area contributed by atoms with Crippen molar-refractivity contribution in [2.75, 3.05) is 13.1 Å². The topological polar surface area (TPSA) is 55.1 Å². The number of fused-ring (bicyclic) bond motifs is 2. The van der Waals surface area contributed by atoms with Crippen molar-refractivity contribution in [2.24, 2.45) is 0 Å². The zero-order valence-corrected chi connectivity index (χ0v) is 12.6. The molecule has 22 heavy (non-hydrogen) atoms. The van der Waals surface area contributed by atoms with Gasteiger partial charge in [-0.2, -0.15) is 0 Å². The Labute approximate surface area is 129 Å². The highest BCUT2D eigenvalue weighted by atomic mass is 16.3. The molecule has 1 unspecified atom stereocenters. The summed E-state index contributed by atoms with van der Waals surface area (Å²) in [6.07, 6.45) is 6.91. The van der Waals surface area contributed by atoms with E-state index in [4.69, 9.17) is 4.42 Å². The number of benzene rings is 1. The molecular weight excluding hydrogens is 276 g/mol. The van der Waals surface area contributed by atoms with Crippen LogP contribution in [0.1, 0.15) is 30.0 Å². The Morgan fingerprint density at radius 2 is 1.86 bits per heavy atom. The summed E-state index contributed by atoms with van der Waals surface area (Å²) >= 11 is 0. The summed E-state index contributed by atoms with van der Waals surface area (Å²) in [4.78, 5) is 15.5. The molecule has 0 bridgehead atoms. The first-order valence-electron chi connectivity index (χ1n) is 7.67. The predicted molar refractivity (Wildman–Crippen MR) is 83.4 cm³/mol. The quantitative estimate of drug-likeness (QED) is 0.727. The second-order valence-corrected chi connectivity index (χ2v) is 5.74. The lowest BCUT2D eigenvalue weighted by Gasteiger charge is -2.27. The molecule has 1 aliphatic rings. The van der Waals surface area contributed by atoms with Crippen LogP contribution >= 0.6 is 0 Å². The van der Waals surface area contributed by atoms with Gasteiger partial charge in [0.2, 0.25) is 0 Å². The minimum absolute atomic E-state index is 0.343. The number of hydrogen-bond donors (Lipinski definition) is 0. The van der Waals surface area contributed by atoms with Gasteiger partial charge < -0.3 is 4.42 Å². The maximum atomic E-state index is 5.47. The Kier molecular flexibility index (Phi) is 3.35. The van der Waals surface area contributed by atoms with E-state index in [1.807, 2.05) is 0 Å². The van der Waals surface area contributed by atoms with Crippen LogP contribution in [0.15, 0.2) is 41.4 Å². The van der Waals surface area contributed by atoms with Gasteiger partial charge in [0, 0.05) is 44.4 Å². The van der Waals surface area contributed by atoms with Crippen LogP contribution in [-0.4, -0.2) is 32.9 Å². The molecule has 0 saturated heterocycles. The number of aromatic nitrogens is 3. The fourth-order valence-corrected chi connectivity index (χ4v) is 3.15. The van der Waals surface area contributed by atoms with Crippen molar-refractivity contribution in [2.45, 2.75) is 25.8 Å². The molecule has 1 aliphatic heterocycles. The minimum Gasteiger partial charge on any atom is -0.448 e. The van der Waals surface area contributed by atoms with Crippen molar-refractivity contribution in [3.05, 3.63) is 54.0 Å². The molecule has 3 heterocycles. The summed E-state index contributed by atoms with van der Waals surface area (Å²) in [6.45, 7) is 4.24. The summed E-state index contributed by atoms with van der Waals surface area (Å²) in [5.41, 5.74) is 4.28. The summed E-state index contributed by atoms with van der Waals surface area (Å²) in [5, 5.41) is 0. The first kappa shape index (κ1) is 13.4. The molecule has 1 aromatic carbocycles. The largest absolute Gasteiger partial charge is 0.448 e. The number of nitrogens with zero attached hydrogens (tertiary/aromatic N) is 4. The predicted octanol–water partition coefficient (Wildman–Crippen LogP) is 2.78. The molecule has 0 spiro atoms. The maximum Gasteiger partial charge on any atom is 0.181 e. The van der Waals surface area contributed by atoms with Crippen molar-refractivity contribution >= 4 is 11.0 Å². The molecule has 0 amide bonds. The average molecular weight is 294 g/mol. The van der Waals surface area contributed by atoms with E-state index in [2.05, 4.69) is 45.0 Å². The molecule has 0 fully saturated rings. The van der Waals surface area contributed by atoms with Gasteiger partial charge in [-0.1, -0.05) is 6.07 Å². The summed E-state index contributed by atoms with van der Waals surface area (Å²) in [5.74, 6) is 1.04. The van der Waals surface area contributed by atoms with Crippen molar-refractivity contribution in [3.8, 4) is 0 Å². The molecule has 2 aromatic heterocycles. The van der Waals surface area contributed by atoms with E-state index in [9.17, 15) is 0 Å². The van der Waals surface area contributed by atoms with Gasteiger partial charge in [0.15, 0.2) is 6.39 Å². The molecular formula is C17H18N4O. The van der Waals surface area contributed by atoms with Crippen molar-refractivity contribution < 1.29 is 4.42 Å². The SMILES string of the molecule is CC(c1ccc2nccnc2c1)N1CCc2ncoc2CC1. The zero-order valence-electron chi connectivity index (χ0n) is 12.6. The Morgan fingerprint density at radius 3 is 2.77 bits per heavy atom. The lowest BCUT2D eigenvalue weighted by atomic mass is 10.1. The minimum atomic E-state index is 0.343. The van der Waals surface area contributed by atoms with Crippen LogP contribution in [0, 0.1) is 0 Å². The zero-order chi connectivity index (χ0) is 14.9. The van der Waals surface area contributed by atoms with Crippen molar-refractivity contribution in [1.29, 1.82) is 0 Å². The third-order valence-corrected chi connectivity index (χ3v) is 4.51. The van der Waals surface area contributed by atoms with Gasteiger partial charge in [0.05, 0.1) is 16.7 Å². The van der Waals surface area contributed by atoms with Gasteiger partial charge in [-0.15, -0.1) is 0 Å². The van der Waals surface area contributed by atoms with Gasteiger partial charge in [-0.05, 0) is 24.6 Å². The van der Waals surface area contributed by atoms with E-state index in [1.165, 1.54) is 5.56 Å². The average Bonchev–Trinajstić information content (AvgIpc) is 2.92. The van der Waals surface area contributed by atoms with E-state index < -0.39 is 0 Å². The molecule has 0 radical (unpaired) electrons. The van der Waals surface area contributed by atoms with Gasteiger partial charge in [-0.3, -0.25) is 14.9 Å². The Morgan fingerprint density at radius 1 is 1.05 bits per heavy atom. The van der Waals surface area contributed by atoms with Gasteiger partial charge in [0.25, 0.3) is 0 Å². The monoisotopic (exact) mass is 294 g/mol. The molecule has 3 aromatic rings. The first-order chi connectivity index (χ1) is 10.8. The molecule has 5 nitrogen and oxygen atoms in total. The van der Waals surface area contributed by atoms with Crippen LogP contribution in [0.2, 0.25) is 0 Å². The molecule has 5 heteroatoms. The third-order valence-electron chi connectivity index (χ3n) is 4.51. The normalized spacial score (nSPS) is 17.1. The van der Waals surface area contributed by atoms with Crippen LogP contribution in [-0.2, 0) is 12.8 Å². The summed E-state index contributed by atoms with van der Waals surface area (Å²) < 4.78 is 5.47. The Hall–Kier alpha value is -2.27.